The molecular formula is C15H14ClNO. The average Bonchev–Trinajstić information content (AvgIpc) is 2.41. The first-order valence-electron chi connectivity index (χ1n) is 5.74. The van der Waals surface area contributed by atoms with Crippen molar-refractivity contribution in [3.8, 4) is 0 Å². The van der Waals surface area contributed by atoms with Crippen molar-refractivity contribution in [2.45, 2.75) is 12.5 Å². The lowest BCUT2D eigenvalue weighted by Gasteiger charge is -2.10. The molecule has 0 fully saturated rings. The Morgan fingerprint density at radius 2 is 1.67 bits per heavy atom. The summed E-state index contributed by atoms with van der Waals surface area (Å²) >= 11 is 5.80. The molecule has 1 unspecified atom stereocenters. The number of nitrogens with two attached hydrogens (primary N) is 1. The van der Waals surface area contributed by atoms with E-state index in [0.717, 1.165) is 11.1 Å². The lowest BCUT2D eigenvalue weighted by Crippen LogP contribution is -2.23. The Morgan fingerprint density at radius 3 is 2.28 bits per heavy atom. The van der Waals surface area contributed by atoms with Crippen LogP contribution < -0.4 is 5.73 Å². The van der Waals surface area contributed by atoms with Crippen LogP contribution in [0.3, 0.4) is 0 Å². The second-order valence-corrected chi connectivity index (χ2v) is 4.59. The number of rotatable bonds is 4. The third-order valence-electron chi connectivity index (χ3n) is 2.80. The van der Waals surface area contributed by atoms with Gasteiger partial charge in [0.05, 0.1) is 6.04 Å². The van der Waals surface area contributed by atoms with Gasteiger partial charge in [-0.15, -0.1) is 0 Å². The minimum absolute atomic E-state index is 0.00326. The van der Waals surface area contributed by atoms with Gasteiger partial charge in [-0.1, -0.05) is 54.1 Å². The van der Waals surface area contributed by atoms with Crippen LogP contribution >= 0.6 is 11.6 Å². The van der Waals surface area contributed by atoms with E-state index in [1.807, 2.05) is 42.5 Å². The SMILES string of the molecule is NC(C(=O)Cc1ccc(Cl)cc1)c1ccccc1. The molecule has 0 aliphatic rings. The zero-order chi connectivity index (χ0) is 13.0. The van der Waals surface area contributed by atoms with Crippen LogP contribution in [0.5, 0.6) is 0 Å². The molecule has 18 heavy (non-hydrogen) atoms. The van der Waals surface area contributed by atoms with E-state index in [0.29, 0.717) is 11.4 Å². The van der Waals surface area contributed by atoms with E-state index in [2.05, 4.69) is 0 Å². The summed E-state index contributed by atoms with van der Waals surface area (Å²) in [6, 6.07) is 16.1. The number of hydrogen-bond donors (Lipinski definition) is 1. The largest absolute Gasteiger partial charge is 0.318 e. The molecule has 0 spiro atoms. The van der Waals surface area contributed by atoms with Crippen molar-refractivity contribution < 1.29 is 4.79 Å². The molecule has 0 amide bonds. The molecule has 0 heterocycles. The van der Waals surface area contributed by atoms with E-state index >= 15 is 0 Å². The fourth-order valence-corrected chi connectivity index (χ4v) is 1.89. The molecule has 2 rings (SSSR count). The fraction of sp³-hybridized carbons (Fsp3) is 0.133. The molecule has 3 heteroatoms. The number of hydrogen-bond acceptors (Lipinski definition) is 2. The van der Waals surface area contributed by atoms with Crippen LogP contribution in [0.4, 0.5) is 0 Å². The van der Waals surface area contributed by atoms with Gasteiger partial charge in [0.1, 0.15) is 0 Å². The number of Topliss-reactive ketones (excluding diaryl/α,β-unsaturated/α-hetero) is 1. The maximum atomic E-state index is 12.0. The third kappa shape index (κ3) is 3.19. The topological polar surface area (TPSA) is 43.1 Å². The van der Waals surface area contributed by atoms with Gasteiger partial charge in [0.2, 0.25) is 0 Å². The van der Waals surface area contributed by atoms with Gasteiger partial charge < -0.3 is 5.73 Å². The van der Waals surface area contributed by atoms with E-state index in [1.54, 1.807) is 12.1 Å². The Hall–Kier alpha value is -1.64. The first-order valence-corrected chi connectivity index (χ1v) is 6.12. The molecule has 0 saturated carbocycles. The smallest absolute Gasteiger partial charge is 0.158 e. The first kappa shape index (κ1) is 12.8. The fourth-order valence-electron chi connectivity index (χ4n) is 1.76. The summed E-state index contributed by atoms with van der Waals surface area (Å²) in [5.74, 6) is 0.00326. The van der Waals surface area contributed by atoms with Crippen molar-refractivity contribution in [2.75, 3.05) is 0 Å². The van der Waals surface area contributed by atoms with E-state index in [-0.39, 0.29) is 5.78 Å². The molecule has 0 aliphatic carbocycles. The van der Waals surface area contributed by atoms with Gasteiger partial charge in [-0.3, -0.25) is 4.79 Å². The van der Waals surface area contributed by atoms with Crippen molar-refractivity contribution in [1.82, 2.24) is 0 Å². The Balaban J connectivity index is 2.06. The predicted molar refractivity (Wildman–Crippen MR) is 73.5 cm³/mol. The average molecular weight is 260 g/mol. The first-order chi connectivity index (χ1) is 8.66. The normalized spacial score (nSPS) is 12.1. The van der Waals surface area contributed by atoms with E-state index in [9.17, 15) is 4.79 Å². The van der Waals surface area contributed by atoms with E-state index < -0.39 is 6.04 Å². The molecule has 1 atom stereocenters. The highest BCUT2D eigenvalue weighted by Gasteiger charge is 2.15. The van der Waals surface area contributed by atoms with Crippen molar-refractivity contribution in [3.05, 3.63) is 70.7 Å². The standard InChI is InChI=1S/C15H14ClNO/c16-13-8-6-11(7-9-13)10-14(18)15(17)12-4-2-1-3-5-12/h1-9,15H,10,17H2. The third-order valence-corrected chi connectivity index (χ3v) is 3.05. The van der Waals surface area contributed by atoms with Gasteiger partial charge in [-0.2, -0.15) is 0 Å². The molecule has 2 nitrogen and oxygen atoms in total. The van der Waals surface area contributed by atoms with E-state index in [1.165, 1.54) is 0 Å². The Bertz CT molecular complexity index is 522. The summed E-state index contributed by atoms with van der Waals surface area (Å²) in [7, 11) is 0. The Labute approximate surface area is 111 Å². The number of carbonyl (C=O) groups excluding carboxylic acids is 1. The lowest BCUT2D eigenvalue weighted by molar-refractivity contribution is -0.119. The molecule has 0 aromatic heterocycles. The molecular weight excluding hydrogens is 246 g/mol. The zero-order valence-corrected chi connectivity index (χ0v) is 10.6. The van der Waals surface area contributed by atoms with Gasteiger partial charge in [0.15, 0.2) is 5.78 Å². The van der Waals surface area contributed by atoms with Crippen molar-refractivity contribution >= 4 is 17.4 Å². The van der Waals surface area contributed by atoms with Crippen LogP contribution in [-0.4, -0.2) is 5.78 Å². The van der Waals surface area contributed by atoms with Gasteiger partial charge in [-0.05, 0) is 23.3 Å². The number of benzene rings is 2. The highest BCUT2D eigenvalue weighted by molar-refractivity contribution is 6.30. The predicted octanol–water partition coefficient (Wildman–Crippen LogP) is 3.15. The molecule has 0 saturated heterocycles. The van der Waals surface area contributed by atoms with Gasteiger partial charge >= 0.3 is 0 Å². The van der Waals surface area contributed by atoms with Crippen LogP contribution in [0.25, 0.3) is 0 Å². The molecule has 0 aliphatic heterocycles. The monoisotopic (exact) mass is 259 g/mol. The lowest BCUT2D eigenvalue weighted by atomic mass is 9.98. The van der Waals surface area contributed by atoms with Crippen LogP contribution in [0, 0.1) is 0 Å². The number of halogens is 1. The Morgan fingerprint density at radius 1 is 1.06 bits per heavy atom. The minimum atomic E-state index is -0.568. The number of ketones is 1. The summed E-state index contributed by atoms with van der Waals surface area (Å²) in [4.78, 5) is 12.0. The zero-order valence-electron chi connectivity index (χ0n) is 9.84. The molecule has 2 aromatic carbocycles. The van der Waals surface area contributed by atoms with Crippen LogP contribution in [0.2, 0.25) is 5.02 Å². The van der Waals surface area contributed by atoms with Gasteiger partial charge in [0, 0.05) is 11.4 Å². The molecule has 0 radical (unpaired) electrons. The second-order valence-electron chi connectivity index (χ2n) is 4.16. The van der Waals surface area contributed by atoms with Crippen LogP contribution in [-0.2, 0) is 11.2 Å². The number of carbonyl (C=O) groups is 1. The van der Waals surface area contributed by atoms with Crippen molar-refractivity contribution in [3.63, 3.8) is 0 Å². The minimum Gasteiger partial charge on any atom is -0.318 e. The molecule has 2 N–H and O–H groups in total. The molecule has 2 aromatic rings. The van der Waals surface area contributed by atoms with Gasteiger partial charge in [-0.25, -0.2) is 0 Å². The summed E-state index contributed by atoms with van der Waals surface area (Å²) in [5, 5.41) is 0.665. The molecule has 0 bridgehead atoms. The van der Waals surface area contributed by atoms with Crippen molar-refractivity contribution in [2.24, 2.45) is 5.73 Å². The van der Waals surface area contributed by atoms with E-state index in [4.69, 9.17) is 17.3 Å². The maximum Gasteiger partial charge on any atom is 0.158 e. The molecule has 92 valence electrons. The highest BCUT2D eigenvalue weighted by Crippen LogP contribution is 2.15. The summed E-state index contributed by atoms with van der Waals surface area (Å²) in [6.07, 6.45) is 0.327. The summed E-state index contributed by atoms with van der Waals surface area (Å²) in [5.41, 5.74) is 7.71. The summed E-state index contributed by atoms with van der Waals surface area (Å²) < 4.78 is 0. The van der Waals surface area contributed by atoms with Crippen LogP contribution in [0.15, 0.2) is 54.6 Å². The second kappa shape index (κ2) is 5.80. The highest BCUT2D eigenvalue weighted by atomic mass is 35.5. The summed E-state index contributed by atoms with van der Waals surface area (Å²) in [6.45, 7) is 0. The van der Waals surface area contributed by atoms with Crippen molar-refractivity contribution in [1.29, 1.82) is 0 Å². The van der Waals surface area contributed by atoms with Gasteiger partial charge in [0.25, 0.3) is 0 Å². The maximum absolute atomic E-state index is 12.0. The quantitative estimate of drug-likeness (QED) is 0.917. The Kier molecular flexibility index (Phi) is 4.13. The van der Waals surface area contributed by atoms with Crippen LogP contribution in [0.1, 0.15) is 17.2 Å².